The number of nitrogens with one attached hydrogen (secondary N) is 1. The highest BCUT2D eigenvalue weighted by atomic mass is 16.5. The molecule has 1 heterocycles. The first-order valence-corrected chi connectivity index (χ1v) is 5.46. The fourth-order valence-corrected chi connectivity index (χ4v) is 1.48. The van der Waals surface area contributed by atoms with Gasteiger partial charge in [0.1, 0.15) is 6.61 Å². The minimum absolute atomic E-state index is 0.164. The highest BCUT2D eigenvalue weighted by Gasteiger charge is 2.10. The smallest absolute Gasteiger partial charge is 0.407 e. The van der Waals surface area contributed by atoms with Crippen molar-refractivity contribution in [3.8, 4) is 0 Å². The molecular formula is C12H16N2O4. The van der Waals surface area contributed by atoms with Crippen LogP contribution in [0.5, 0.6) is 0 Å². The molecule has 0 aliphatic heterocycles. The maximum Gasteiger partial charge on any atom is 0.407 e. The average molecular weight is 252 g/mol. The summed E-state index contributed by atoms with van der Waals surface area (Å²) in [7, 11) is 0. The van der Waals surface area contributed by atoms with E-state index in [4.69, 9.17) is 9.84 Å². The quantitative estimate of drug-likeness (QED) is 0.750. The lowest BCUT2D eigenvalue weighted by Gasteiger charge is -2.08. The first kappa shape index (κ1) is 13.8. The van der Waals surface area contributed by atoms with Gasteiger partial charge in [0.2, 0.25) is 0 Å². The number of hydrogen-bond donors (Lipinski definition) is 2. The van der Waals surface area contributed by atoms with Crippen molar-refractivity contribution < 1.29 is 19.4 Å². The largest absolute Gasteiger partial charge is 0.478 e. The lowest BCUT2D eigenvalue weighted by atomic mass is 10.2. The zero-order chi connectivity index (χ0) is 13.5. The normalized spacial score (nSPS) is 9.83. The van der Waals surface area contributed by atoms with Gasteiger partial charge in [-0.15, -0.1) is 0 Å². The van der Waals surface area contributed by atoms with Gasteiger partial charge >= 0.3 is 12.1 Å². The molecule has 0 aromatic carbocycles. The summed E-state index contributed by atoms with van der Waals surface area (Å²) in [5, 5.41) is 11.4. The Morgan fingerprint density at radius 3 is 2.89 bits per heavy atom. The average Bonchev–Trinajstić information content (AvgIpc) is 2.68. The fraction of sp³-hybridized carbons (Fsp3) is 0.333. The van der Waals surface area contributed by atoms with Crippen LogP contribution < -0.4 is 5.32 Å². The number of carbonyl (C=O) groups is 2. The van der Waals surface area contributed by atoms with Gasteiger partial charge in [0, 0.05) is 25.0 Å². The molecule has 1 amide bonds. The maximum absolute atomic E-state index is 11.1. The van der Waals surface area contributed by atoms with E-state index in [2.05, 4.69) is 11.9 Å². The third-order valence-electron chi connectivity index (χ3n) is 2.43. The van der Waals surface area contributed by atoms with Crippen LogP contribution in [0, 0.1) is 6.92 Å². The number of ether oxygens (including phenoxy) is 1. The number of carboxylic acid groups (broad SMARTS) is 1. The molecule has 0 atom stereocenters. The number of aromatic nitrogens is 1. The van der Waals surface area contributed by atoms with Crippen LogP contribution in [0.2, 0.25) is 0 Å². The first-order valence-electron chi connectivity index (χ1n) is 5.46. The summed E-state index contributed by atoms with van der Waals surface area (Å²) in [4.78, 5) is 21.9. The Labute approximate surface area is 105 Å². The predicted octanol–water partition coefficient (Wildman–Crippen LogP) is 1.41. The zero-order valence-corrected chi connectivity index (χ0v) is 10.2. The van der Waals surface area contributed by atoms with E-state index in [-0.39, 0.29) is 12.2 Å². The van der Waals surface area contributed by atoms with Gasteiger partial charge in [-0.05, 0) is 13.0 Å². The topological polar surface area (TPSA) is 80.6 Å². The predicted molar refractivity (Wildman–Crippen MR) is 65.7 cm³/mol. The van der Waals surface area contributed by atoms with Crippen molar-refractivity contribution in [2.24, 2.45) is 0 Å². The van der Waals surface area contributed by atoms with Gasteiger partial charge in [-0.25, -0.2) is 9.59 Å². The van der Waals surface area contributed by atoms with E-state index in [1.54, 1.807) is 17.7 Å². The van der Waals surface area contributed by atoms with E-state index in [0.29, 0.717) is 18.8 Å². The van der Waals surface area contributed by atoms with Crippen LogP contribution in [0.1, 0.15) is 16.1 Å². The van der Waals surface area contributed by atoms with E-state index in [0.717, 1.165) is 0 Å². The molecule has 1 rings (SSSR count). The third kappa shape index (κ3) is 3.65. The van der Waals surface area contributed by atoms with E-state index < -0.39 is 12.1 Å². The minimum Gasteiger partial charge on any atom is -0.478 e. The van der Waals surface area contributed by atoms with Gasteiger partial charge in [0.05, 0.1) is 5.56 Å². The molecule has 0 radical (unpaired) electrons. The molecule has 2 N–H and O–H groups in total. The summed E-state index contributed by atoms with van der Waals surface area (Å²) in [6.45, 7) is 6.17. The molecule has 0 unspecified atom stereocenters. The lowest BCUT2D eigenvalue weighted by Crippen LogP contribution is -2.28. The van der Waals surface area contributed by atoms with Gasteiger partial charge in [-0.2, -0.15) is 0 Å². The fourth-order valence-electron chi connectivity index (χ4n) is 1.48. The second-order valence-corrected chi connectivity index (χ2v) is 3.63. The Bertz CT molecular complexity index is 451. The molecule has 6 heteroatoms. The molecular weight excluding hydrogens is 236 g/mol. The summed E-state index contributed by atoms with van der Waals surface area (Å²) in [5.41, 5.74) is 0.924. The third-order valence-corrected chi connectivity index (χ3v) is 2.43. The van der Waals surface area contributed by atoms with Gasteiger partial charge in [-0.3, -0.25) is 0 Å². The van der Waals surface area contributed by atoms with E-state index in [1.807, 2.05) is 0 Å². The van der Waals surface area contributed by atoms with Crippen molar-refractivity contribution in [2.75, 3.05) is 13.2 Å². The van der Waals surface area contributed by atoms with Crippen molar-refractivity contribution >= 4 is 12.1 Å². The Kier molecular flexibility index (Phi) is 4.98. The summed E-state index contributed by atoms with van der Waals surface area (Å²) < 4.78 is 6.49. The second-order valence-electron chi connectivity index (χ2n) is 3.63. The number of nitrogens with zero attached hydrogens (tertiary/aromatic N) is 1. The molecule has 98 valence electrons. The maximum atomic E-state index is 11.1. The molecule has 18 heavy (non-hydrogen) atoms. The number of hydrogen-bond acceptors (Lipinski definition) is 3. The van der Waals surface area contributed by atoms with Crippen molar-refractivity contribution in [1.82, 2.24) is 9.88 Å². The van der Waals surface area contributed by atoms with Gasteiger partial charge < -0.3 is 19.7 Å². The van der Waals surface area contributed by atoms with E-state index in [9.17, 15) is 9.59 Å². The Morgan fingerprint density at radius 2 is 2.33 bits per heavy atom. The molecule has 0 saturated carbocycles. The van der Waals surface area contributed by atoms with E-state index >= 15 is 0 Å². The van der Waals surface area contributed by atoms with Gasteiger partial charge in [0.25, 0.3) is 0 Å². The van der Waals surface area contributed by atoms with Crippen molar-refractivity contribution in [3.63, 3.8) is 0 Å². The highest BCUT2D eigenvalue weighted by molar-refractivity contribution is 5.88. The van der Waals surface area contributed by atoms with Crippen LogP contribution in [-0.4, -0.2) is 34.9 Å². The number of rotatable bonds is 6. The summed E-state index contributed by atoms with van der Waals surface area (Å²) in [5.74, 6) is -0.954. The lowest BCUT2D eigenvalue weighted by molar-refractivity contribution is 0.0696. The Morgan fingerprint density at radius 1 is 1.61 bits per heavy atom. The number of carbonyl (C=O) groups excluding carboxylic acids is 1. The Hall–Kier alpha value is -2.24. The zero-order valence-electron chi connectivity index (χ0n) is 10.2. The second kappa shape index (κ2) is 6.48. The van der Waals surface area contributed by atoms with Crippen LogP contribution in [0.15, 0.2) is 24.9 Å². The molecule has 1 aromatic heterocycles. The number of alkyl carbamates (subject to hydrolysis) is 1. The molecule has 0 spiro atoms. The Balaban J connectivity index is 2.42. The monoisotopic (exact) mass is 252 g/mol. The first-order chi connectivity index (χ1) is 8.56. The number of carboxylic acids is 1. The summed E-state index contributed by atoms with van der Waals surface area (Å²) in [6, 6.07) is 1.54. The highest BCUT2D eigenvalue weighted by Crippen LogP contribution is 2.09. The molecule has 1 aromatic rings. The summed E-state index contributed by atoms with van der Waals surface area (Å²) >= 11 is 0. The summed E-state index contributed by atoms with van der Waals surface area (Å²) in [6.07, 6.45) is 2.64. The van der Waals surface area contributed by atoms with Crippen molar-refractivity contribution in [1.29, 1.82) is 0 Å². The SMILES string of the molecule is C=CCOC(=O)NCCn1ccc(C(=O)O)c1C. The van der Waals surface area contributed by atoms with Crippen LogP contribution in [0.3, 0.4) is 0 Å². The minimum atomic E-state index is -0.954. The van der Waals surface area contributed by atoms with Gasteiger partial charge in [-0.1, -0.05) is 12.7 Å². The standard InChI is InChI=1S/C12H16N2O4/c1-3-8-18-12(17)13-5-7-14-6-4-10(9(14)2)11(15)16/h3-4,6H,1,5,7-8H2,2H3,(H,13,17)(H,15,16). The van der Waals surface area contributed by atoms with Crippen LogP contribution in [0.4, 0.5) is 4.79 Å². The van der Waals surface area contributed by atoms with Crippen LogP contribution >= 0.6 is 0 Å². The molecule has 0 aliphatic rings. The van der Waals surface area contributed by atoms with Crippen molar-refractivity contribution in [3.05, 3.63) is 36.2 Å². The van der Waals surface area contributed by atoms with Crippen LogP contribution in [0.25, 0.3) is 0 Å². The number of aromatic carboxylic acids is 1. The molecule has 0 fully saturated rings. The molecule has 6 nitrogen and oxygen atoms in total. The van der Waals surface area contributed by atoms with E-state index in [1.165, 1.54) is 12.1 Å². The van der Waals surface area contributed by atoms with Gasteiger partial charge in [0.15, 0.2) is 0 Å². The molecule has 0 saturated heterocycles. The van der Waals surface area contributed by atoms with Crippen molar-refractivity contribution in [2.45, 2.75) is 13.5 Å². The van der Waals surface area contributed by atoms with Crippen LogP contribution in [-0.2, 0) is 11.3 Å². The molecule has 0 aliphatic carbocycles. The molecule has 0 bridgehead atoms. The number of amides is 1.